The van der Waals surface area contributed by atoms with Crippen molar-refractivity contribution in [3.8, 4) is 5.75 Å². The Morgan fingerprint density at radius 2 is 1.35 bits per heavy atom. The van der Waals surface area contributed by atoms with E-state index in [1.165, 1.54) is 119 Å². The lowest BCUT2D eigenvalue weighted by Gasteiger charge is -2.36. The Morgan fingerprint density at radius 1 is 0.691 bits per heavy atom. The molecule has 0 atom stereocenters. The summed E-state index contributed by atoms with van der Waals surface area (Å²) in [5, 5.41) is 3.56. The Bertz CT molecular complexity index is 1530. The second kappa shape index (κ2) is 25.2. The zero-order valence-electron chi connectivity index (χ0n) is 34.2. The molecule has 2 aliphatic rings. The summed E-state index contributed by atoms with van der Waals surface area (Å²) in [6.45, 7) is 8.27. The number of aryl methyl sites for hydroxylation is 1. The van der Waals surface area contributed by atoms with Crippen molar-refractivity contribution < 1.29 is 19.1 Å². The first-order chi connectivity index (χ1) is 27.1. The highest BCUT2D eigenvalue weighted by molar-refractivity contribution is 7.17. The van der Waals surface area contributed by atoms with E-state index in [0.717, 1.165) is 75.4 Å². The fourth-order valence-corrected chi connectivity index (χ4v) is 9.03. The molecule has 7 nitrogen and oxygen atoms in total. The number of piperazine rings is 1. The number of hydrogen-bond donors (Lipinski definition) is 0. The van der Waals surface area contributed by atoms with Gasteiger partial charge in [0.15, 0.2) is 6.73 Å². The Kier molecular flexibility index (Phi) is 19.7. The second-order valence-electron chi connectivity index (χ2n) is 16.0. The first-order valence-electron chi connectivity index (χ1n) is 22.3. The summed E-state index contributed by atoms with van der Waals surface area (Å²) in [6.07, 6.45) is 27.5. The topological polar surface area (TPSA) is 62.3 Å². The van der Waals surface area contributed by atoms with E-state index in [2.05, 4.69) is 52.4 Å². The van der Waals surface area contributed by atoms with E-state index in [0.29, 0.717) is 25.9 Å². The molecule has 3 aromatic rings. The van der Waals surface area contributed by atoms with Crippen LogP contribution in [0.4, 0.5) is 11.4 Å². The smallest absolute Gasteiger partial charge is 0.307 e. The lowest BCUT2D eigenvalue weighted by atomic mass is 10.0. The fourth-order valence-electron chi connectivity index (χ4n) is 8.22. The van der Waals surface area contributed by atoms with Gasteiger partial charge in [0.25, 0.3) is 0 Å². The lowest BCUT2D eigenvalue weighted by Crippen LogP contribution is -2.46. The van der Waals surface area contributed by atoms with Gasteiger partial charge in [0.2, 0.25) is 5.91 Å². The summed E-state index contributed by atoms with van der Waals surface area (Å²) in [6, 6.07) is 14.9. The first kappa shape index (κ1) is 43.0. The van der Waals surface area contributed by atoms with Crippen LogP contribution in [-0.4, -0.2) is 62.8 Å². The number of anilines is 2. The molecule has 0 N–H and O–H groups in total. The van der Waals surface area contributed by atoms with Crippen molar-refractivity contribution in [1.29, 1.82) is 0 Å². The third-order valence-corrected chi connectivity index (χ3v) is 12.6. The molecule has 1 amide bonds. The van der Waals surface area contributed by atoms with Gasteiger partial charge in [0.1, 0.15) is 5.75 Å². The lowest BCUT2D eigenvalue weighted by molar-refractivity contribution is -0.144. The predicted octanol–water partition coefficient (Wildman–Crippen LogP) is 12.1. The van der Waals surface area contributed by atoms with Crippen LogP contribution in [-0.2, 0) is 20.7 Å². The van der Waals surface area contributed by atoms with E-state index in [-0.39, 0.29) is 18.6 Å². The molecule has 2 aromatic carbocycles. The molecular formula is C47H71N3O4S. The van der Waals surface area contributed by atoms with Crippen molar-refractivity contribution in [2.75, 3.05) is 55.9 Å². The number of hydrogen-bond acceptors (Lipinski definition) is 7. The number of ether oxygens (including phenoxy) is 2. The highest BCUT2D eigenvalue weighted by atomic mass is 32.1. The van der Waals surface area contributed by atoms with Gasteiger partial charge in [0, 0.05) is 60.9 Å². The highest BCUT2D eigenvalue weighted by Crippen LogP contribution is 2.33. The van der Waals surface area contributed by atoms with Crippen molar-refractivity contribution in [1.82, 2.24) is 4.90 Å². The van der Waals surface area contributed by atoms with E-state index in [1.54, 1.807) is 4.90 Å². The van der Waals surface area contributed by atoms with Crippen LogP contribution in [0.2, 0.25) is 0 Å². The van der Waals surface area contributed by atoms with Gasteiger partial charge in [-0.25, -0.2) is 0 Å². The maximum Gasteiger partial charge on any atom is 0.307 e. The normalized spacial score (nSPS) is 14.8. The first-order valence-corrected chi connectivity index (χ1v) is 23.2. The maximum absolute atomic E-state index is 12.9. The zero-order valence-corrected chi connectivity index (χ0v) is 35.0. The fraction of sp³-hybridized carbons (Fsp3) is 0.660. The monoisotopic (exact) mass is 774 g/mol. The van der Waals surface area contributed by atoms with Crippen LogP contribution in [0.5, 0.6) is 5.75 Å². The second-order valence-corrected chi connectivity index (χ2v) is 17.0. The molecule has 0 spiro atoms. The van der Waals surface area contributed by atoms with Crippen molar-refractivity contribution in [2.45, 2.75) is 155 Å². The quantitative estimate of drug-likeness (QED) is 0.0541. The van der Waals surface area contributed by atoms with E-state index < -0.39 is 0 Å². The Hall–Kier alpha value is -3.10. The van der Waals surface area contributed by atoms with Crippen LogP contribution >= 0.6 is 11.3 Å². The Morgan fingerprint density at radius 3 is 2.02 bits per heavy atom. The number of nitrogens with zero attached hydrogens (tertiary/aromatic N) is 3. The SMILES string of the molecule is CCCCCCCCCCCCCCCCCCCCC(=O)OCN1C(=O)CCc2ccc(OCCCCN3CCN(c4cccc5sccc45)CC3)cc21. The molecule has 2 aliphatic heterocycles. The molecule has 0 unspecified atom stereocenters. The molecule has 3 heterocycles. The van der Waals surface area contributed by atoms with Crippen LogP contribution in [0.3, 0.4) is 0 Å². The average molecular weight is 774 g/mol. The number of esters is 1. The van der Waals surface area contributed by atoms with Crippen molar-refractivity contribution in [3.05, 3.63) is 53.4 Å². The number of carbonyl (C=O) groups is 2. The molecule has 8 heteroatoms. The van der Waals surface area contributed by atoms with Gasteiger partial charge in [-0.1, -0.05) is 128 Å². The summed E-state index contributed by atoms with van der Waals surface area (Å²) >= 11 is 1.81. The minimum atomic E-state index is -0.218. The molecule has 0 radical (unpaired) electrons. The third-order valence-electron chi connectivity index (χ3n) is 11.7. The number of benzene rings is 2. The van der Waals surface area contributed by atoms with Gasteiger partial charge in [-0.3, -0.25) is 19.4 Å². The van der Waals surface area contributed by atoms with Gasteiger partial charge in [0.05, 0.1) is 12.3 Å². The number of carbonyl (C=O) groups excluding carboxylic acids is 2. The maximum atomic E-state index is 12.9. The van der Waals surface area contributed by atoms with E-state index >= 15 is 0 Å². The largest absolute Gasteiger partial charge is 0.494 e. The summed E-state index contributed by atoms with van der Waals surface area (Å²) in [7, 11) is 0. The number of unbranched alkanes of at least 4 members (excludes halogenated alkanes) is 18. The average Bonchev–Trinajstić information content (AvgIpc) is 3.70. The molecule has 1 saturated heterocycles. The summed E-state index contributed by atoms with van der Waals surface area (Å²) in [5.74, 6) is 0.544. The van der Waals surface area contributed by atoms with Crippen molar-refractivity contribution in [2.24, 2.45) is 0 Å². The highest BCUT2D eigenvalue weighted by Gasteiger charge is 2.26. The Labute approximate surface area is 337 Å². The van der Waals surface area contributed by atoms with Crippen molar-refractivity contribution >= 4 is 44.7 Å². The molecule has 304 valence electrons. The van der Waals surface area contributed by atoms with E-state index in [1.807, 2.05) is 23.5 Å². The van der Waals surface area contributed by atoms with Gasteiger partial charge in [-0.2, -0.15) is 0 Å². The van der Waals surface area contributed by atoms with E-state index in [9.17, 15) is 9.59 Å². The zero-order chi connectivity index (χ0) is 38.3. The number of rotatable bonds is 28. The number of fused-ring (bicyclic) bond motifs is 2. The van der Waals surface area contributed by atoms with Crippen LogP contribution in [0.25, 0.3) is 10.1 Å². The molecule has 1 fully saturated rings. The molecule has 55 heavy (non-hydrogen) atoms. The van der Waals surface area contributed by atoms with Gasteiger partial charge in [-0.05, 0) is 67.4 Å². The van der Waals surface area contributed by atoms with Gasteiger partial charge < -0.3 is 14.4 Å². The molecule has 1 aromatic heterocycles. The number of thiophene rings is 1. The molecule has 0 saturated carbocycles. The minimum Gasteiger partial charge on any atom is -0.494 e. The summed E-state index contributed by atoms with van der Waals surface area (Å²) in [4.78, 5) is 32.2. The predicted molar refractivity (Wildman–Crippen MR) is 232 cm³/mol. The van der Waals surface area contributed by atoms with Crippen LogP contribution < -0.4 is 14.5 Å². The molecule has 5 rings (SSSR count). The standard InChI is InChI=1S/C47H71N3O4S/c1-2-3-4-5-6-7-8-9-10-11-12-13-14-15-16-17-18-19-25-47(52)54-39-50-44-38-41(28-26-40(44)27-29-46(50)51)53-36-21-20-31-48-32-34-49(35-33-48)43-23-22-24-45-42(43)30-37-55-45/h22-24,26,28,30,37-38H,2-21,25,27,29,31-36,39H2,1H3. The molecule has 0 bridgehead atoms. The van der Waals surface area contributed by atoms with E-state index in [4.69, 9.17) is 9.47 Å². The van der Waals surface area contributed by atoms with Crippen LogP contribution in [0.15, 0.2) is 47.8 Å². The summed E-state index contributed by atoms with van der Waals surface area (Å²) < 4.78 is 13.1. The summed E-state index contributed by atoms with van der Waals surface area (Å²) in [5.41, 5.74) is 3.28. The van der Waals surface area contributed by atoms with Gasteiger partial charge >= 0.3 is 5.97 Å². The molecular weight excluding hydrogens is 703 g/mol. The third kappa shape index (κ3) is 15.1. The van der Waals surface area contributed by atoms with Gasteiger partial charge in [-0.15, -0.1) is 11.3 Å². The number of amides is 1. The van der Waals surface area contributed by atoms with Crippen LogP contribution in [0, 0.1) is 0 Å². The van der Waals surface area contributed by atoms with Crippen LogP contribution in [0.1, 0.15) is 154 Å². The molecule has 0 aliphatic carbocycles. The minimum absolute atomic E-state index is 0.00211. The van der Waals surface area contributed by atoms with Crippen molar-refractivity contribution in [3.63, 3.8) is 0 Å². The Balaban J connectivity index is 0.874.